The molecule has 0 saturated heterocycles. The summed E-state index contributed by atoms with van der Waals surface area (Å²) in [6.07, 6.45) is 0. The van der Waals surface area contributed by atoms with Crippen LogP contribution in [0.15, 0.2) is 18.2 Å². The second-order valence-corrected chi connectivity index (χ2v) is 4.94. The minimum Gasteiger partial charge on any atom is -0.384 e. The number of rotatable bonds is 3. The third kappa shape index (κ3) is 4.07. The number of nitrogens with one attached hydrogen (secondary N) is 2. The van der Waals surface area contributed by atoms with Crippen LogP contribution in [0, 0.1) is 18.8 Å². The first-order chi connectivity index (χ1) is 7.98. The Morgan fingerprint density at radius 1 is 1.41 bits per heavy atom. The van der Waals surface area contributed by atoms with E-state index < -0.39 is 10.2 Å². The highest BCUT2D eigenvalue weighted by Gasteiger charge is 2.09. The number of benzene rings is 1. The Morgan fingerprint density at radius 2 is 2.12 bits per heavy atom. The highest BCUT2D eigenvalue weighted by molar-refractivity contribution is 7.90. The van der Waals surface area contributed by atoms with Gasteiger partial charge >= 0.3 is 0 Å². The molecule has 0 aliphatic rings. The standard InChI is InChI=1S/C11H14N2O3S/c1-9-5-6-11(13-17(15,16)12-2)10(8-9)4-3-7-14/h5-6,8,12-14H,7H2,1-2H3. The number of hydrogen-bond acceptors (Lipinski definition) is 3. The molecule has 0 aromatic heterocycles. The molecular formula is C11H14N2O3S. The van der Waals surface area contributed by atoms with Crippen molar-refractivity contribution in [1.29, 1.82) is 0 Å². The van der Waals surface area contributed by atoms with Crippen molar-refractivity contribution in [3.05, 3.63) is 29.3 Å². The van der Waals surface area contributed by atoms with Gasteiger partial charge in [-0.3, -0.25) is 4.72 Å². The first-order valence-corrected chi connectivity index (χ1v) is 6.38. The number of aliphatic hydroxyl groups is 1. The summed E-state index contributed by atoms with van der Waals surface area (Å²) in [5, 5.41) is 8.64. The van der Waals surface area contributed by atoms with Crippen LogP contribution in [0.1, 0.15) is 11.1 Å². The van der Waals surface area contributed by atoms with Gasteiger partial charge in [0, 0.05) is 12.6 Å². The van der Waals surface area contributed by atoms with Crippen LogP contribution in [0.25, 0.3) is 0 Å². The molecule has 5 nitrogen and oxygen atoms in total. The van der Waals surface area contributed by atoms with Gasteiger partial charge in [0.05, 0.1) is 5.69 Å². The summed E-state index contributed by atoms with van der Waals surface area (Å²) in [6, 6.07) is 5.15. The molecule has 1 rings (SSSR count). The maximum Gasteiger partial charge on any atom is 0.298 e. The molecule has 92 valence electrons. The lowest BCUT2D eigenvalue weighted by Crippen LogP contribution is -2.26. The number of aryl methyl sites for hydroxylation is 1. The van der Waals surface area contributed by atoms with E-state index in [9.17, 15) is 8.42 Å². The summed E-state index contributed by atoms with van der Waals surface area (Å²) in [5.41, 5.74) is 1.86. The van der Waals surface area contributed by atoms with E-state index in [0.29, 0.717) is 11.3 Å². The van der Waals surface area contributed by atoms with Crippen molar-refractivity contribution in [3.63, 3.8) is 0 Å². The van der Waals surface area contributed by atoms with E-state index in [1.54, 1.807) is 18.2 Å². The molecule has 0 saturated carbocycles. The Labute approximate surface area is 101 Å². The van der Waals surface area contributed by atoms with E-state index >= 15 is 0 Å². The zero-order valence-corrected chi connectivity index (χ0v) is 10.4. The number of anilines is 1. The minimum atomic E-state index is -3.56. The minimum absolute atomic E-state index is 0.272. The van der Waals surface area contributed by atoms with Gasteiger partial charge in [-0.15, -0.1) is 0 Å². The van der Waals surface area contributed by atoms with Crippen molar-refractivity contribution in [3.8, 4) is 11.8 Å². The summed E-state index contributed by atoms with van der Waals surface area (Å²) in [5.74, 6) is 5.18. The molecule has 0 atom stereocenters. The Bertz CT molecular complexity index is 556. The molecule has 0 amide bonds. The van der Waals surface area contributed by atoms with E-state index in [1.165, 1.54) is 7.05 Å². The SMILES string of the molecule is CNS(=O)(=O)Nc1ccc(C)cc1C#CCO. The molecular weight excluding hydrogens is 240 g/mol. The van der Waals surface area contributed by atoms with E-state index in [2.05, 4.69) is 21.3 Å². The predicted molar refractivity (Wildman–Crippen MR) is 66.7 cm³/mol. The first kappa shape index (κ1) is 13.5. The van der Waals surface area contributed by atoms with Gasteiger partial charge in [-0.2, -0.15) is 8.42 Å². The van der Waals surface area contributed by atoms with E-state index in [0.717, 1.165) is 5.56 Å². The van der Waals surface area contributed by atoms with Crippen LogP contribution in [0.2, 0.25) is 0 Å². The average molecular weight is 254 g/mol. The van der Waals surface area contributed by atoms with Crippen LogP contribution in [0.5, 0.6) is 0 Å². The van der Waals surface area contributed by atoms with Crippen molar-refractivity contribution >= 4 is 15.9 Å². The summed E-state index contributed by atoms with van der Waals surface area (Å²) in [6.45, 7) is 1.60. The molecule has 0 radical (unpaired) electrons. The Balaban J connectivity index is 3.15. The third-order valence-electron chi connectivity index (χ3n) is 1.99. The molecule has 6 heteroatoms. The summed E-state index contributed by atoms with van der Waals surface area (Å²) >= 11 is 0. The molecule has 0 bridgehead atoms. The lowest BCUT2D eigenvalue weighted by atomic mass is 10.1. The molecule has 0 unspecified atom stereocenters. The number of hydrogen-bond donors (Lipinski definition) is 3. The van der Waals surface area contributed by atoms with Crippen LogP contribution in [-0.2, 0) is 10.2 Å². The van der Waals surface area contributed by atoms with Crippen molar-refractivity contribution in [1.82, 2.24) is 4.72 Å². The summed E-state index contributed by atoms with van der Waals surface area (Å²) in [7, 11) is -2.25. The van der Waals surface area contributed by atoms with E-state index in [-0.39, 0.29) is 6.61 Å². The fraction of sp³-hybridized carbons (Fsp3) is 0.273. The summed E-state index contributed by atoms with van der Waals surface area (Å²) < 4.78 is 27.2. The zero-order valence-electron chi connectivity index (χ0n) is 9.61. The van der Waals surface area contributed by atoms with Gasteiger partial charge in [-0.25, -0.2) is 4.72 Å². The van der Waals surface area contributed by atoms with Gasteiger partial charge in [0.25, 0.3) is 10.2 Å². The zero-order chi connectivity index (χ0) is 12.9. The molecule has 3 N–H and O–H groups in total. The average Bonchev–Trinajstić information content (AvgIpc) is 2.29. The van der Waals surface area contributed by atoms with Gasteiger partial charge in [0.15, 0.2) is 0 Å². The highest BCUT2D eigenvalue weighted by atomic mass is 32.2. The van der Waals surface area contributed by atoms with Crippen LogP contribution in [0.3, 0.4) is 0 Å². The smallest absolute Gasteiger partial charge is 0.298 e. The van der Waals surface area contributed by atoms with Crippen LogP contribution < -0.4 is 9.44 Å². The van der Waals surface area contributed by atoms with Gasteiger partial charge in [0.1, 0.15) is 6.61 Å². The van der Waals surface area contributed by atoms with Gasteiger partial charge < -0.3 is 5.11 Å². The van der Waals surface area contributed by atoms with Crippen LogP contribution >= 0.6 is 0 Å². The van der Waals surface area contributed by atoms with Gasteiger partial charge in [-0.05, 0) is 24.6 Å². The fourth-order valence-electron chi connectivity index (χ4n) is 1.18. The molecule has 17 heavy (non-hydrogen) atoms. The topological polar surface area (TPSA) is 78.4 Å². The third-order valence-corrected chi connectivity index (χ3v) is 3.02. The largest absolute Gasteiger partial charge is 0.384 e. The fourth-order valence-corrected chi connectivity index (χ4v) is 1.75. The monoisotopic (exact) mass is 254 g/mol. The Hall–Kier alpha value is -1.55. The maximum atomic E-state index is 11.4. The molecule has 0 spiro atoms. The van der Waals surface area contributed by atoms with Gasteiger partial charge in [0.2, 0.25) is 0 Å². The molecule has 0 heterocycles. The lowest BCUT2D eigenvalue weighted by molar-refractivity contribution is 0.350. The molecule has 0 aliphatic heterocycles. The van der Waals surface area contributed by atoms with Crippen molar-refractivity contribution in [2.24, 2.45) is 0 Å². The Kier molecular flexibility index (Phi) is 4.52. The molecule has 0 aliphatic carbocycles. The quantitative estimate of drug-likeness (QED) is 0.675. The lowest BCUT2D eigenvalue weighted by Gasteiger charge is -2.09. The number of aliphatic hydroxyl groups excluding tert-OH is 1. The molecule has 1 aromatic rings. The maximum absolute atomic E-state index is 11.4. The second kappa shape index (κ2) is 5.68. The Morgan fingerprint density at radius 3 is 2.71 bits per heavy atom. The highest BCUT2D eigenvalue weighted by Crippen LogP contribution is 2.17. The molecule has 1 aromatic carbocycles. The second-order valence-electron chi connectivity index (χ2n) is 3.32. The normalized spacial score (nSPS) is 10.5. The summed E-state index contributed by atoms with van der Waals surface area (Å²) in [4.78, 5) is 0. The van der Waals surface area contributed by atoms with Crippen molar-refractivity contribution in [2.75, 3.05) is 18.4 Å². The van der Waals surface area contributed by atoms with Crippen molar-refractivity contribution in [2.45, 2.75) is 6.92 Å². The van der Waals surface area contributed by atoms with Gasteiger partial charge in [-0.1, -0.05) is 17.9 Å². The van der Waals surface area contributed by atoms with Crippen molar-refractivity contribution < 1.29 is 13.5 Å². The van der Waals surface area contributed by atoms with Crippen LogP contribution in [-0.4, -0.2) is 27.2 Å². The van der Waals surface area contributed by atoms with E-state index in [4.69, 9.17) is 5.11 Å². The molecule has 0 fully saturated rings. The predicted octanol–water partition coefficient (Wildman–Crippen LogP) is 0.215. The van der Waals surface area contributed by atoms with Crippen LogP contribution in [0.4, 0.5) is 5.69 Å². The van der Waals surface area contributed by atoms with E-state index in [1.807, 2.05) is 6.92 Å². The first-order valence-electron chi connectivity index (χ1n) is 4.90.